The first-order chi connectivity index (χ1) is 9.48. The zero-order valence-corrected chi connectivity index (χ0v) is 11.9. The third-order valence-corrected chi connectivity index (χ3v) is 3.18. The molecular formula is C16H19NO3. The third kappa shape index (κ3) is 2.75. The normalized spacial score (nSPS) is 11.4. The van der Waals surface area contributed by atoms with Crippen LogP contribution in [0.4, 0.5) is 0 Å². The molecule has 2 N–H and O–H groups in total. The molecule has 106 valence electrons. The molecule has 2 aromatic carbocycles. The Balaban J connectivity index is 2.54. The van der Waals surface area contributed by atoms with Gasteiger partial charge >= 0.3 is 0 Å². The first-order valence-corrected chi connectivity index (χ1v) is 6.47. The summed E-state index contributed by atoms with van der Waals surface area (Å²) in [6, 6.07) is 11.3. The lowest BCUT2D eigenvalue weighted by Gasteiger charge is -2.24. The van der Waals surface area contributed by atoms with Gasteiger partial charge in [0.25, 0.3) is 5.91 Å². The Kier molecular flexibility index (Phi) is 3.95. The Morgan fingerprint density at radius 1 is 1.25 bits per heavy atom. The average Bonchev–Trinajstić information content (AvgIpc) is 2.45. The van der Waals surface area contributed by atoms with Gasteiger partial charge in [0.1, 0.15) is 5.75 Å². The van der Waals surface area contributed by atoms with E-state index in [-0.39, 0.29) is 12.5 Å². The fraction of sp³-hybridized carbons (Fsp3) is 0.312. The van der Waals surface area contributed by atoms with Gasteiger partial charge in [0.05, 0.1) is 24.8 Å². The first-order valence-electron chi connectivity index (χ1n) is 6.47. The third-order valence-electron chi connectivity index (χ3n) is 3.18. The van der Waals surface area contributed by atoms with Crippen molar-refractivity contribution in [3.05, 3.63) is 42.0 Å². The van der Waals surface area contributed by atoms with Crippen LogP contribution in [0.25, 0.3) is 10.8 Å². The van der Waals surface area contributed by atoms with E-state index < -0.39 is 5.54 Å². The minimum absolute atomic E-state index is 0.133. The zero-order valence-electron chi connectivity index (χ0n) is 11.9. The highest BCUT2D eigenvalue weighted by Crippen LogP contribution is 2.28. The molecule has 0 spiro atoms. The van der Waals surface area contributed by atoms with Gasteiger partial charge in [-0.15, -0.1) is 0 Å². The molecule has 4 nitrogen and oxygen atoms in total. The van der Waals surface area contributed by atoms with Crippen LogP contribution in [0, 0.1) is 0 Å². The fourth-order valence-electron chi connectivity index (χ4n) is 2.07. The van der Waals surface area contributed by atoms with Crippen molar-refractivity contribution >= 4 is 16.7 Å². The van der Waals surface area contributed by atoms with Crippen LogP contribution in [0.2, 0.25) is 0 Å². The lowest BCUT2D eigenvalue weighted by Crippen LogP contribution is -2.46. The maximum Gasteiger partial charge on any atom is 0.256 e. The first kappa shape index (κ1) is 14.3. The van der Waals surface area contributed by atoms with Crippen molar-refractivity contribution in [3.63, 3.8) is 0 Å². The number of nitrogens with one attached hydrogen (secondary N) is 1. The van der Waals surface area contributed by atoms with E-state index in [1.165, 1.54) is 7.11 Å². The maximum atomic E-state index is 12.5. The molecule has 0 aromatic heterocycles. The summed E-state index contributed by atoms with van der Waals surface area (Å²) >= 11 is 0. The predicted molar refractivity (Wildman–Crippen MR) is 79.1 cm³/mol. The summed E-state index contributed by atoms with van der Waals surface area (Å²) in [6.07, 6.45) is 0. The Hall–Kier alpha value is -2.07. The van der Waals surface area contributed by atoms with Crippen LogP contribution in [0.5, 0.6) is 5.75 Å². The van der Waals surface area contributed by atoms with Gasteiger partial charge in [0.15, 0.2) is 0 Å². The van der Waals surface area contributed by atoms with Crippen LogP contribution in [0.3, 0.4) is 0 Å². The largest absolute Gasteiger partial charge is 0.496 e. The molecule has 0 fully saturated rings. The molecule has 0 aliphatic rings. The van der Waals surface area contributed by atoms with Crippen molar-refractivity contribution in [2.45, 2.75) is 19.4 Å². The van der Waals surface area contributed by atoms with E-state index in [1.54, 1.807) is 19.9 Å². The number of carbonyl (C=O) groups is 1. The van der Waals surface area contributed by atoms with Crippen molar-refractivity contribution in [2.75, 3.05) is 13.7 Å². The second-order valence-electron chi connectivity index (χ2n) is 5.36. The maximum absolute atomic E-state index is 12.5. The van der Waals surface area contributed by atoms with Crippen LogP contribution in [0.1, 0.15) is 24.2 Å². The lowest BCUT2D eigenvalue weighted by molar-refractivity contribution is 0.0868. The van der Waals surface area contributed by atoms with E-state index in [0.717, 1.165) is 10.8 Å². The summed E-state index contributed by atoms with van der Waals surface area (Å²) < 4.78 is 5.30. The van der Waals surface area contributed by atoms with Crippen molar-refractivity contribution < 1.29 is 14.6 Å². The van der Waals surface area contributed by atoms with Crippen LogP contribution in [-0.2, 0) is 0 Å². The standard InChI is InChI=1S/C16H19NO3/c1-16(2,10-18)17-15(19)14-12-7-5-4-6-11(12)8-9-13(14)20-3/h4-9,18H,10H2,1-3H3,(H,17,19). The topological polar surface area (TPSA) is 58.6 Å². The molecule has 0 saturated carbocycles. The number of fused-ring (bicyclic) bond motifs is 1. The van der Waals surface area contributed by atoms with Gasteiger partial charge in [-0.2, -0.15) is 0 Å². The van der Waals surface area contributed by atoms with E-state index in [1.807, 2.05) is 30.3 Å². The minimum atomic E-state index is -0.682. The van der Waals surface area contributed by atoms with Gasteiger partial charge in [-0.05, 0) is 30.7 Å². The summed E-state index contributed by atoms with van der Waals surface area (Å²) in [5.74, 6) is 0.271. The monoisotopic (exact) mass is 273 g/mol. The Bertz CT molecular complexity index is 635. The number of rotatable bonds is 4. The van der Waals surface area contributed by atoms with Gasteiger partial charge in [0.2, 0.25) is 0 Å². The summed E-state index contributed by atoms with van der Waals surface area (Å²) in [4.78, 5) is 12.5. The molecule has 0 bridgehead atoms. The highest BCUT2D eigenvalue weighted by atomic mass is 16.5. The quantitative estimate of drug-likeness (QED) is 0.899. The van der Waals surface area contributed by atoms with Crippen molar-refractivity contribution in [1.82, 2.24) is 5.32 Å². The van der Waals surface area contributed by atoms with E-state index in [9.17, 15) is 9.90 Å². The molecule has 2 aromatic rings. The Labute approximate surface area is 118 Å². The Morgan fingerprint density at radius 3 is 2.60 bits per heavy atom. The van der Waals surface area contributed by atoms with Gasteiger partial charge in [-0.25, -0.2) is 0 Å². The summed E-state index contributed by atoms with van der Waals surface area (Å²) in [5.41, 5.74) is -0.189. The minimum Gasteiger partial charge on any atom is -0.496 e. The summed E-state index contributed by atoms with van der Waals surface area (Å²) in [5, 5.41) is 13.9. The number of hydrogen-bond donors (Lipinski definition) is 2. The fourth-order valence-corrected chi connectivity index (χ4v) is 2.07. The average molecular weight is 273 g/mol. The molecule has 20 heavy (non-hydrogen) atoms. The summed E-state index contributed by atoms with van der Waals surface area (Å²) in [6.45, 7) is 3.40. The molecule has 0 aliphatic carbocycles. The van der Waals surface area contributed by atoms with Crippen LogP contribution in [-0.4, -0.2) is 30.3 Å². The molecule has 1 amide bonds. The van der Waals surface area contributed by atoms with E-state index in [4.69, 9.17) is 4.74 Å². The second-order valence-corrected chi connectivity index (χ2v) is 5.36. The van der Waals surface area contributed by atoms with Crippen molar-refractivity contribution in [2.24, 2.45) is 0 Å². The number of carbonyl (C=O) groups excluding carboxylic acids is 1. The number of aliphatic hydroxyl groups excluding tert-OH is 1. The number of hydrogen-bond acceptors (Lipinski definition) is 3. The summed E-state index contributed by atoms with van der Waals surface area (Å²) in [7, 11) is 1.54. The van der Waals surface area contributed by atoms with Gasteiger partial charge in [-0.1, -0.05) is 30.3 Å². The highest BCUT2D eigenvalue weighted by Gasteiger charge is 2.23. The smallest absolute Gasteiger partial charge is 0.256 e. The molecule has 0 unspecified atom stereocenters. The van der Waals surface area contributed by atoms with Crippen LogP contribution >= 0.6 is 0 Å². The lowest BCUT2D eigenvalue weighted by atomic mass is 10.0. The molecular weight excluding hydrogens is 254 g/mol. The molecule has 0 atom stereocenters. The van der Waals surface area contributed by atoms with Gasteiger partial charge in [-0.3, -0.25) is 4.79 Å². The number of methoxy groups -OCH3 is 1. The molecule has 4 heteroatoms. The second kappa shape index (κ2) is 5.51. The molecule has 2 rings (SSSR count). The SMILES string of the molecule is COc1ccc2ccccc2c1C(=O)NC(C)(C)CO. The van der Waals surface area contributed by atoms with Gasteiger partial charge in [0, 0.05) is 0 Å². The van der Waals surface area contributed by atoms with Crippen molar-refractivity contribution in [1.29, 1.82) is 0 Å². The number of aliphatic hydroxyl groups is 1. The number of benzene rings is 2. The molecule has 0 saturated heterocycles. The van der Waals surface area contributed by atoms with E-state index in [0.29, 0.717) is 11.3 Å². The van der Waals surface area contributed by atoms with Crippen LogP contribution < -0.4 is 10.1 Å². The molecule has 0 aliphatic heterocycles. The molecule has 0 heterocycles. The number of ether oxygens (including phenoxy) is 1. The van der Waals surface area contributed by atoms with E-state index in [2.05, 4.69) is 5.32 Å². The van der Waals surface area contributed by atoms with Crippen molar-refractivity contribution in [3.8, 4) is 5.75 Å². The molecule has 0 radical (unpaired) electrons. The van der Waals surface area contributed by atoms with Gasteiger partial charge < -0.3 is 15.2 Å². The van der Waals surface area contributed by atoms with Crippen LogP contribution in [0.15, 0.2) is 36.4 Å². The highest BCUT2D eigenvalue weighted by molar-refractivity contribution is 6.09. The Morgan fingerprint density at radius 2 is 1.95 bits per heavy atom. The van der Waals surface area contributed by atoms with E-state index >= 15 is 0 Å². The predicted octanol–water partition coefficient (Wildman–Crippen LogP) is 2.35. The number of amides is 1. The zero-order chi connectivity index (χ0) is 14.8.